The molecule has 18 heavy (non-hydrogen) atoms. The Morgan fingerprint density at radius 3 is 1.44 bits per heavy atom. The summed E-state index contributed by atoms with van der Waals surface area (Å²) < 4.78 is 0. The Balaban J connectivity index is -0.000000233. The molecule has 9 heteroatoms. The Hall–Kier alpha value is -2.16. The Morgan fingerprint density at radius 2 is 1.28 bits per heavy atom. The van der Waals surface area contributed by atoms with Gasteiger partial charge in [-0.2, -0.15) is 0 Å². The van der Waals surface area contributed by atoms with Crippen LogP contribution in [0.5, 0.6) is 0 Å². The second-order valence-electron chi connectivity index (χ2n) is 2.99. The summed E-state index contributed by atoms with van der Waals surface area (Å²) in [7, 11) is 0. The molecule has 0 rings (SSSR count). The van der Waals surface area contributed by atoms with Crippen LogP contribution in [0.3, 0.4) is 0 Å². The Labute approximate surface area is 103 Å². The standard InChI is InChI=1S/C5H10N2O3.2C2H4O2/c6-3(5(9)10)1-2-4(7)8;2*1-2(3)4/h3H,1-2,6H2,(H2,7,8)(H,9,10);2*1H3,(H,3,4)/t3-;;/m0../s1. The summed E-state index contributed by atoms with van der Waals surface area (Å²) in [6.07, 6.45) is 0.123. The molecule has 0 aliphatic heterocycles. The molecule has 0 radical (unpaired) electrons. The quantitative estimate of drug-likeness (QED) is 0.422. The first-order valence-corrected chi connectivity index (χ1v) is 4.66. The van der Waals surface area contributed by atoms with E-state index >= 15 is 0 Å². The maximum absolute atomic E-state index is 10.1. The molecule has 0 bridgehead atoms. The second kappa shape index (κ2) is 12.9. The predicted octanol–water partition coefficient (Wildman–Crippen LogP) is -1.15. The van der Waals surface area contributed by atoms with Crippen molar-refractivity contribution in [2.24, 2.45) is 11.5 Å². The van der Waals surface area contributed by atoms with E-state index in [2.05, 4.69) is 0 Å². The predicted molar refractivity (Wildman–Crippen MR) is 60.7 cm³/mol. The number of hydrogen-bond acceptors (Lipinski definition) is 5. The maximum Gasteiger partial charge on any atom is 0.320 e. The van der Waals surface area contributed by atoms with Crippen molar-refractivity contribution in [2.75, 3.05) is 0 Å². The van der Waals surface area contributed by atoms with Gasteiger partial charge in [0.05, 0.1) is 0 Å². The lowest BCUT2D eigenvalue weighted by molar-refractivity contribution is -0.139. The number of carbonyl (C=O) groups is 4. The van der Waals surface area contributed by atoms with Gasteiger partial charge in [-0.05, 0) is 6.42 Å². The molecule has 0 aromatic rings. The van der Waals surface area contributed by atoms with Gasteiger partial charge in [0.1, 0.15) is 6.04 Å². The summed E-state index contributed by atoms with van der Waals surface area (Å²) in [5.74, 6) is -3.31. The lowest BCUT2D eigenvalue weighted by atomic mass is 10.2. The van der Waals surface area contributed by atoms with Crippen molar-refractivity contribution in [3.05, 3.63) is 0 Å². The summed E-state index contributed by atoms with van der Waals surface area (Å²) in [4.78, 5) is 38.1. The lowest BCUT2D eigenvalue weighted by Gasteiger charge is -2.01. The van der Waals surface area contributed by atoms with Gasteiger partial charge in [0.15, 0.2) is 0 Å². The molecular weight excluding hydrogens is 248 g/mol. The molecule has 1 atom stereocenters. The van der Waals surface area contributed by atoms with Crippen LogP contribution in [0.1, 0.15) is 26.7 Å². The van der Waals surface area contributed by atoms with E-state index in [1.54, 1.807) is 0 Å². The highest BCUT2D eigenvalue weighted by Crippen LogP contribution is 1.92. The van der Waals surface area contributed by atoms with E-state index in [0.29, 0.717) is 0 Å². The van der Waals surface area contributed by atoms with Crippen LogP contribution >= 0.6 is 0 Å². The van der Waals surface area contributed by atoms with Gasteiger partial charge in [0.25, 0.3) is 11.9 Å². The van der Waals surface area contributed by atoms with Crippen molar-refractivity contribution in [3.63, 3.8) is 0 Å². The van der Waals surface area contributed by atoms with Crippen molar-refractivity contribution in [1.29, 1.82) is 0 Å². The van der Waals surface area contributed by atoms with Gasteiger partial charge in [0.2, 0.25) is 5.91 Å². The zero-order valence-electron chi connectivity index (χ0n) is 10.1. The Morgan fingerprint density at radius 1 is 1.00 bits per heavy atom. The van der Waals surface area contributed by atoms with Gasteiger partial charge in [-0.25, -0.2) is 0 Å². The minimum atomic E-state index is -1.11. The summed E-state index contributed by atoms with van der Waals surface area (Å²) >= 11 is 0. The normalized spacial score (nSPS) is 9.72. The first-order valence-electron chi connectivity index (χ1n) is 4.66. The van der Waals surface area contributed by atoms with Gasteiger partial charge in [-0.1, -0.05) is 0 Å². The van der Waals surface area contributed by atoms with E-state index in [1.165, 1.54) is 0 Å². The average Bonchev–Trinajstić information content (AvgIpc) is 2.11. The average molecular weight is 266 g/mol. The summed E-state index contributed by atoms with van der Waals surface area (Å²) in [5.41, 5.74) is 9.81. The Kier molecular flexibility index (Phi) is 15.2. The summed E-state index contributed by atoms with van der Waals surface area (Å²) in [6.45, 7) is 2.17. The molecule has 0 fully saturated rings. The number of aliphatic carboxylic acids is 3. The van der Waals surface area contributed by atoms with Crippen LogP contribution in [-0.4, -0.2) is 45.2 Å². The zero-order valence-corrected chi connectivity index (χ0v) is 10.1. The number of hydrogen-bond donors (Lipinski definition) is 5. The second-order valence-corrected chi connectivity index (χ2v) is 2.99. The highest BCUT2D eigenvalue weighted by Gasteiger charge is 2.11. The van der Waals surface area contributed by atoms with Crippen LogP contribution < -0.4 is 11.5 Å². The number of carboxylic acids is 3. The molecule has 0 aromatic carbocycles. The van der Waals surface area contributed by atoms with Gasteiger partial charge in [-0.3, -0.25) is 19.2 Å². The largest absolute Gasteiger partial charge is 0.481 e. The number of primary amides is 1. The van der Waals surface area contributed by atoms with E-state index in [1.807, 2.05) is 0 Å². The molecule has 0 saturated carbocycles. The van der Waals surface area contributed by atoms with Crippen molar-refractivity contribution in [2.45, 2.75) is 32.7 Å². The summed E-state index contributed by atoms with van der Waals surface area (Å²) in [5, 5.41) is 23.1. The van der Waals surface area contributed by atoms with E-state index in [9.17, 15) is 9.59 Å². The SMILES string of the molecule is CC(=O)O.CC(=O)O.NC(=O)CC[C@H](N)C(=O)O. The monoisotopic (exact) mass is 266 g/mol. The van der Waals surface area contributed by atoms with Gasteiger partial charge in [0, 0.05) is 20.3 Å². The van der Waals surface area contributed by atoms with Crippen LogP contribution in [0.25, 0.3) is 0 Å². The third-order valence-corrected chi connectivity index (χ3v) is 1.02. The molecule has 1 amide bonds. The van der Waals surface area contributed by atoms with Crippen LogP contribution in [-0.2, 0) is 19.2 Å². The first-order chi connectivity index (χ1) is 8.00. The third-order valence-electron chi connectivity index (χ3n) is 1.02. The Bertz CT molecular complexity index is 271. The number of rotatable bonds is 4. The minimum absolute atomic E-state index is 0.0213. The van der Waals surface area contributed by atoms with Crippen LogP contribution in [0.15, 0.2) is 0 Å². The molecule has 0 heterocycles. The maximum atomic E-state index is 10.1. The molecule has 7 N–H and O–H groups in total. The van der Waals surface area contributed by atoms with Crippen LogP contribution in [0.2, 0.25) is 0 Å². The molecule has 0 aromatic heterocycles. The van der Waals surface area contributed by atoms with Gasteiger partial charge >= 0.3 is 5.97 Å². The molecule has 0 saturated heterocycles. The third kappa shape index (κ3) is 48.8. The lowest BCUT2D eigenvalue weighted by Crippen LogP contribution is -2.31. The molecule has 0 aliphatic carbocycles. The topological polar surface area (TPSA) is 181 Å². The fraction of sp³-hybridized carbons (Fsp3) is 0.556. The van der Waals surface area contributed by atoms with Crippen molar-refractivity contribution >= 4 is 23.8 Å². The van der Waals surface area contributed by atoms with E-state index < -0.39 is 29.9 Å². The molecule has 9 nitrogen and oxygen atoms in total. The van der Waals surface area contributed by atoms with Crippen molar-refractivity contribution in [3.8, 4) is 0 Å². The highest BCUT2D eigenvalue weighted by atomic mass is 16.4. The number of nitrogens with two attached hydrogens (primary N) is 2. The first kappa shape index (κ1) is 21.2. The molecule has 0 spiro atoms. The van der Waals surface area contributed by atoms with Crippen molar-refractivity contribution < 1.29 is 34.5 Å². The molecule has 0 aliphatic rings. The summed E-state index contributed by atoms with van der Waals surface area (Å²) in [6, 6.07) is -0.979. The van der Waals surface area contributed by atoms with Crippen molar-refractivity contribution in [1.82, 2.24) is 0 Å². The fourth-order valence-corrected chi connectivity index (χ4v) is 0.421. The van der Waals surface area contributed by atoms with E-state index in [4.69, 9.17) is 36.4 Å². The number of amides is 1. The smallest absolute Gasteiger partial charge is 0.320 e. The van der Waals surface area contributed by atoms with E-state index in [0.717, 1.165) is 13.8 Å². The van der Waals surface area contributed by atoms with Gasteiger partial charge in [-0.15, -0.1) is 0 Å². The molecular formula is C9H18N2O7. The molecule has 0 unspecified atom stereocenters. The molecule has 106 valence electrons. The zero-order chi connectivity index (χ0) is 15.3. The fourth-order valence-electron chi connectivity index (χ4n) is 0.421. The van der Waals surface area contributed by atoms with Crippen LogP contribution in [0, 0.1) is 0 Å². The highest BCUT2D eigenvalue weighted by molar-refractivity contribution is 5.76. The number of carboxylic acid groups (broad SMARTS) is 3. The van der Waals surface area contributed by atoms with Crippen LogP contribution in [0.4, 0.5) is 0 Å². The van der Waals surface area contributed by atoms with Gasteiger partial charge < -0.3 is 26.8 Å². The van der Waals surface area contributed by atoms with E-state index in [-0.39, 0.29) is 12.8 Å². The minimum Gasteiger partial charge on any atom is -0.481 e. The number of carbonyl (C=O) groups excluding carboxylic acids is 1.